The van der Waals surface area contributed by atoms with Crippen LogP contribution >= 0.6 is 0 Å². The summed E-state index contributed by atoms with van der Waals surface area (Å²) in [6, 6.07) is 8.29. The number of alkyl halides is 6. The third-order valence-electron chi connectivity index (χ3n) is 11.7. The van der Waals surface area contributed by atoms with Gasteiger partial charge in [0.15, 0.2) is 0 Å². The Morgan fingerprint density at radius 2 is 1.44 bits per heavy atom. The number of likely N-dealkylation sites (tertiary alicyclic amines) is 2. The number of carbonyl (C=O) groups excluding carboxylic acids is 2. The summed E-state index contributed by atoms with van der Waals surface area (Å²) in [6.45, 7) is 3.14. The lowest BCUT2D eigenvalue weighted by Gasteiger charge is -2.39. The zero-order valence-electron chi connectivity index (χ0n) is 29.6. The van der Waals surface area contributed by atoms with Crippen LogP contribution in [-0.4, -0.2) is 75.4 Å². The number of aromatic amines is 1. The van der Waals surface area contributed by atoms with E-state index in [0.29, 0.717) is 60.9 Å². The van der Waals surface area contributed by atoms with Crippen LogP contribution in [0.3, 0.4) is 0 Å². The predicted molar refractivity (Wildman–Crippen MR) is 190 cm³/mol. The van der Waals surface area contributed by atoms with Gasteiger partial charge in [0.2, 0.25) is 11.8 Å². The van der Waals surface area contributed by atoms with Gasteiger partial charge in [0, 0.05) is 44.0 Å². The molecule has 16 heteroatoms. The molecule has 10 nitrogen and oxygen atoms in total. The number of benzene rings is 2. The summed E-state index contributed by atoms with van der Waals surface area (Å²) in [7, 11) is 0. The number of para-hydroxylation sites is 1. The number of imidazole rings is 1. The molecule has 5 heterocycles. The molecule has 4 N–H and O–H groups in total. The van der Waals surface area contributed by atoms with Crippen LogP contribution in [-0.2, 0) is 28.4 Å². The SMILES string of the molecule is Nc1c(C(F)(F)F)cc(C[C@@H](CC(=O)N2CCC(n3c(=O)[nH]c4c5ccccc5ncc43)CC2)C(=O)N2CCC(C3CCNCC3)CC2)cc1C(F)(F)F. The zero-order valence-corrected chi connectivity index (χ0v) is 29.6. The van der Waals surface area contributed by atoms with Crippen molar-refractivity contribution in [1.29, 1.82) is 0 Å². The maximum absolute atomic E-state index is 14.1. The first-order valence-electron chi connectivity index (χ1n) is 18.5. The minimum atomic E-state index is -5.17. The number of carbonyl (C=O) groups is 2. The molecule has 0 bridgehead atoms. The van der Waals surface area contributed by atoms with Gasteiger partial charge in [-0.2, -0.15) is 26.3 Å². The molecular formula is C38H43F6N7O3. The molecule has 0 aliphatic carbocycles. The fourth-order valence-electron chi connectivity index (χ4n) is 8.79. The van der Waals surface area contributed by atoms with Gasteiger partial charge in [0.25, 0.3) is 0 Å². The van der Waals surface area contributed by atoms with Gasteiger partial charge in [-0.05, 0) is 93.6 Å². The summed E-state index contributed by atoms with van der Waals surface area (Å²) in [5, 5.41) is 4.15. The van der Waals surface area contributed by atoms with E-state index in [1.807, 2.05) is 24.3 Å². The molecule has 4 aromatic rings. The first-order chi connectivity index (χ1) is 25.7. The van der Waals surface area contributed by atoms with Crippen LogP contribution in [0.5, 0.6) is 0 Å². The van der Waals surface area contributed by atoms with E-state index in [1.165, 1.54) is 0 Å². The fraction of sp³-hybridized carbons (Fsp3) is 0.526. The van der Waals surface area contributed by atoms with Crippen LogP contribution < -0.4 is 16.7 Å². The molecule has 0 spiro atoms. The van der Waals surface area contributed by atoms with E-state index >= 15 is 0 Å². The number of nitrogens with zero attached hydrogens (tertiary/aromatic N) is 4. The van der Waals surface area contributed by atoms with Crippen molar-refractivity contribution in [2.75, 3.05) is 45.0 Å². The van der Waals surface area contributed by atoms with Crippen LogP contribution in [0, 0.1) is 17.8 Å². The molecule has 1 atom stereocenters. The van der Waals surface area contributed by atoms with Gasteiger partial charge < -0.3 is 25.8 Å². The van der Waals surface area contributed by atoms with Gasteiger partial charge in [-0.1, -0.05) is 18.2 Å². The Bertz CT molecular complexity index is 2040. The van der Waals surface area contributed by atoms with Crippen molar-refractivity contribution in [1.82, 2.24) is 29.7 Å². The average Bonchev–Trinajstić information content (AvgIpc) is 3.50. The molecule has 3 fully saturated rings. The highest BCUT2D eigenvalue weighted by Crippen LogP contribution is 2.43. The number of H-pyrrole nitrogens is 1. The lowest BCUT2D eigenvalue weighted by molar-refractivity contribution is -0.143. The number of rotatable bonds is 7. The van der Waals surface area contributed by atoms with E-state index < -0.39 is 59.7 Å². The molecule has 54 heavy (non-hydrogen) atoms. The molecule has 2 amide bonds. The molecule has 0 saturated carbocycles. The van der Waals surface area contributed by atoms with Crippen molar-refractivity contribution in [3.63, 3.8) is 0 Å². The average molecular weight is 760 g/mol. The summed E-state index contributed by atoms with van der Waals surface area (Å²) in [5.74, 6) is -1.16. The molecule has 3 aliphatic heterocycles. The minimum Gasteiger partial charge on any atom is -0.398 e. The van der Waals surface area contributed by atoms with Gasteiger partial charge in [-0.3, -0.25) is 19.1 Å². The van der Waals surface area contributed by atoms with Crippen molar-refractivity contribution in [3.8, 4) is 0 Å². The highest BCUT2D eigenvalue weighted by Gasteiger charge is 2.42. The highest BCUT2D eigenvalue weighted by atomic mass is 19.4. The Hall–Kier alpha value is -4.60. The highest BCUT2D eigenvalue weighted by molar-refractivity contribution is 6.01. The Balaban J connectivity index is 1.10. The van der Waals surface area contributed by atoms with Gasteiger partial charge in [-0.25, -0.2) is 4.79 Å². The number of pyridine rings is 1. The molecule has 2 aromatic heterocycles. The number of piperidine rings is 3. The first-order valence-corrected chi connectivity index (χ1v) is 18.5. The van der Waals surface area contributed by atoms with E-state index in [-0.39, 0.29) is 30.4 Å². The summed E-state index contributed by atoms with van der Waals surface area (Å²) in [4.78, 5) is 51.7. The van der Waals surface area contributed by atoms with Gasteiger partial charge in [-0.15, -0.1) is 0 Å². The quantitative estimate of drug-likeness (QED) is 0.153. The van der Waals surface area contributed by atoms with E-state index in [9.17, 15) is 40.7 Å². The third-order valence-corrected chi connectivity index (χ3v) is 11.7. The number of nitrogens with one attached hydrogen (secondary N) is 2. The standard InChI is InChI=1S/C38H43F6N7O3/c39-37(40,41)28-18-22(19-29(33(28)45)38(42,43)44)17-25(35(53)50-13-7-24(8-14-50)23-5-11-46-12-6-23)20-32(52)49-15-9-26(10-16-49)51-31-21-47-30-4-2-1-3-27(30)34(31)48-36(51)54/h1-4,18-19,21,23-26,46H,5-17,20,45H2,(H,48,54)/t25-/m0/s1. The third kappa shape index (κ3) is 7.66. The molecule has 3 aliphatic rings. The Morgan fingerprint density at radius 1 is 0.852 bits per heavy atom. The zero-order chi connectivity index (χ0) is 38.4. The number of hydrogen-bond acceptors (Lipinski definition) is 6. The molecular weight excluding hydrogens is 716 g/mol. The van der Waals surface area contributed by atoms with E-state index in [0.717, 1.165) is 49.7 Å². The molecule has 2 aromatic carbocycles. The molecule has 0 radical (unpaired) electrons. The molecule has 7 rings (SSSR count). The van der Waals surface area contributed by atoms with E-state index in [1.54, 1.807) is 20.6 Å². The van der Waals surface area contributed by atoms with Crippen molar-refractivity contribution in [3.05, 3.63) is 69.8 Å². The van der Waals surface area contributed by atoms with Crippen molar-refractivity contribution in [2.45, 2.75) is 69.8 Å². The van der Waals surface area contributed by atoms with Gasteiger partial charge in [0.05, 0.1) is 45.5 Å². The van der Waals surface area contributed by atoms with Crippen LogP contribution in [0.4, 0.5) is 32.0 Å². The summed E-state index contributed by atoms with van der Waals surface area (Å²) in [6.07, 6.45) is -5.23. The van der Waals surface area contributed by atoms with Crippen LogP contribution in [0.2, 0.25) is 0 Å². The Kier molecular flexibility index (Phi) is 10.4. The number of nitrogens with two attached hydrogens (primary N) is 1. The van der Waals surface area contributed by atoms with Gasteiger partial charge >= 0.3 is 18.0 Å². The Morgan fingerprint density at radius 3 is 2.07 bits per heavy atom. The van der Waals surface area contributed by atoms with Gasteiger partial charge in [0.1, 0.15) is 0 Å². The van der Waals surface area contributed by atoms with Crippen LogP contribution in [0.15, 0.2) is 47.4 Å². The van der Waals surface area contributed by atoms with E-state index in [4.69, 9.17) is 5.73 Å². The number of nitrogen functional groups attached to an aromatic ring is 1. The molecule has 0 unspecified atom stereocenters. The maximum atomic E-state index is 14.1. The van der Waals surface area contributed by atoms with Crippen LogP contribution in [0.25, 0.3) is 21.9 Å². The second kappa shape index (κ2) is 14.9. The fourth-order valence-corrected chi connectivity index (χ4v) is 8.79. The van der Waals surface area contributed by atoms with Crippen molar-refractivity contribution in [2.24, 2.45) is 17.8 Å². The minimum absolute atomic E-state index is 0.241. The topological polar surface area (TPSA) is 129 Å². The predicted octanol–water partition coefficient (Wildman–Crippen LogP) is 6.15. The number of hydrogen-bond donors (Lipinski definition) is 3. The van der Waals surface area contributed by atoms with Crippen molar-refractivity contribution < 1.29 is 35.9 Å². The van der Waals surface area contributed by atoms with Crippen molar-refractivity contribution >= 4 is 39.4 Å². The number of amides is 2. The molecule has 290 valence electrons. The second-order valence-corrected chi connectivity index (χ2v) is 14.9. The first kappa shape index (κ1) is 37.7. The summed E-state index contributed by atoms with van der Waals surface area (Å²) < 4.78 is 85.2. The number of halogens is 6. The van der Waals surface area contributed by atoms with Crippen LogP contribution in [0.1, 0.15) is 67.7 Å². The summed E-state index contributed by atoms with van der Waals surface area (Å²) in [5.41, 5.74) is 2.04. The monoisotopic (exact) mass is 759 g/mol. The normalized spacial score (nSPS) is 19.1. The number of aromatic nitrogens is 3. The van der Waals surface area contributed by atoms with E-state index in [2.05, 4.69) is 15.3 Å². The maximum Gasteiger partial charge on any atom is 0.418 e. The second-order valence-electron chi connectivity index (χ2n) is 14.9. The largest absolute Gasteiger partial charge is 0.418 e. The smallest absolute Gasteiger partial charge is 0.398 e. The lowest BCUT2D eigenvalue weighted by Crippen LogP contribution is -2.46. The number of anilines is 1. The molecule has 3 saturated heterocycles. The Labute approximate surface area is 307 Å². The summed E-state index contributed by atoms with van der Waals surface area (Å²) >= 11 is 0. The lowest BCUT2D eigenvalue weighted by atomic mass is 9.79. The number of fused-ring (bicyclic) bond motifs is 3.